The molecule has 0 radical (unpaired) electrons. The van der Waals surface area contributed by atoms with E-state index >= 15 is 0 Å². The van der Waals surface area contributed by atoms with E-state index in [0.717, 1.165) is 18.8 Å². The molecule has 24 heavy (non-hydrogen) atoms. The summed E-state index contributed by atoms with van der Waals surface area (Å²) in [4.78, 5) is 26.1. The number of carbonyl (C=O) groups excluding carboxylic acids is 2. The van der Waals surface area contributed by atoms with Crippen molar-refractivity contribution in [3.8, 4) is 0 Å². The number of nitrogens with one attached hydrogen (secondary N) is 2. The number of rotatable bonds is 6. The average molecular weight is 332 g/mol. The van der Waals surface area contributed by atoms with Crippen LogP contribution in [0.2, 0.25) is 0 Å². The van der Waals surface area contributed by atoms with E-state index in [2.05, 4.69) is 32.7 Å². The van der Waals surface area contributed by atoms with Gasteiger partial charge in [-0.15, -0.1) is 6.58 Å². The Kier molecular flexibility index (Phi) is 7.06. The summed E-state index contributed by atoms with van der Waals surface area (Å²) in [5.41, 5.74) is 1.16. The molecule has 2 amide bonds. The van der Waals surface area contributed by atoms with Crippen molar-refractivity contribution in [2.24, 2.45) is 7.05 Å². The molecule has 1 aliphatic heterocycles. The van der Waals surface area contributed by atoms with Crippen LogP contribution in [-0.2, 0) is 16.6 Å². The van der Waals surface area contributed by atoms with Crippen LogP contribution >= 0.6 is 0 Å². The standard InChI is InChI=1S/C18H28N4O2/c1-3-10-19-17(23)18(24)20-14-16(15-9-8-11-21(15)2)22-12-6-4-5-7-13-22/h3,8-9,11,16H,1,4-7,10,12-14H2,2H3,(H,19,23)(H,20,24). The van der Waals surface area contributed by atoms with Gasteiger partial charge < -0.3 is 15.2 Å². The third-order valence-corrected chi connectivity index (χ3v) is 4.48. The van der Waals surface area contributed by atoms with Crippen molar-refractivity contribution >= 4 is 11.8 Å². The quantitative estimate of drug-likeness (QED) is 0.611. The Balaban J connectivity index is 2.03. The Morgan fingerprint density at radius 2 is 1.88 bits per heavy atom. The third-order valence-electron chi connectivity index (χ3n) is 4.48. The third kappa shape index (κ3) is 4.96. The van der Waals surface area contributed by atoms with Gasteiger partial charge in [0, 0.05) is 32.0 Å². The molecule has 2 N–H and O–H groups in total. The second-order valence-corrected chi connectivity index (χ2v) is 6.22. The summed E-state index contributed by atoms with van der Waals surface area (Å²) in [5.74, 6) is -1.21. The van der Waals surface area contributed by atoms with Gasteiger partial charge in [-0.2, -0.15) is 0 Å². The molecule has 0 aliphatic carbocycles. The topological polar surface area (TPSA) is 66.4 Å². The van der Waals surface area contributed by atoms with Gasteiger partial charge in [0.1, 0.15) is 0 Å². The highest BCUT2D eigenvalue weighted by molar-refractivity contribution is 6.35. The summed E-state index contributed by atoms with van der Waals surface area (Å²) in [6.45, 7) is 6.29. The van der Waals surface area contributed by atoms with E-state index in [1.807, 2.05) is 19.3 Å². The van der Waals surface area contributed by atoms with Crippen molar-refractivity contribution in [3.05, 3.63) is 36.7 Å². The number of amides is 2. The summed E-state index contributed by atoms with van der Waals surface area (Å²) >= 11 is 0. The first-order valence-electron chi connectivity index (χ1n) is 8.65. The van der Waals surface area contributed by atoms with Crippen LogP contribution in [-0.4, -0.2) is 47.5 Å². The van der Waals surface area contributed by atoms with Crippen molar-refractivity contribution in [1.82, 2.24) is 20.1 Å². The molecule has 0 aromatic carbocycles. The van der Waals surface area contributed by atoms with Gasteiger partial charge in [0.2, 0.25) is 0 Å². The van der Waals surface area contributed by atoms with E-state index in [-0.39, 0.29) is 6.04 Å². The summed E-state index contributed by atoms with van der Waals surface area (Å²) in [6, 6.07) is 4.18. The van der Waals surface area contributed by atoms with Gasteiger partial charge in [0.15, 0.2) is 0 Å². The van der Waals surface area contributed by atoms with Crippen LogP contribution in [0.15, 0.2) is 31.0 Å². The van der Waals surface area contributed by atoms with E-state index in [0.29, 0.717) is 13.1 Å². The largest absolute Gasteiger partial charge is 0.353 e. The maximum Gasteiger partial charge on any atom is 0.309 e. The molecule has 0 bridgehead atoms. The van der Waals surface area contributed by atoms with Crippen LogP contribution in [0, 0.1) is 0 Å². The lowest BCUT2D eigenvalue weighted by Gasteiger charge is -2.31. The van der Waals surface area contributed by atoms with Crippen molar-refractivity contribution in [3.63, 3.8) is 0 Å². The molecule has 1 aliphatic rings. The van der Waals surface area contributed by atoms with E-state index in [4.69, 9.17) is 0 Å². The number of hydrogen-bond donors (Lipinski definition) is 2. The summed E-state index contributed by atoms with van der Waals surface area (Å²) in [6.07, 6.45) is 8.43. The minimum Gasteiger partial charge on any atom is -0.353 e. The van der Waals surface area contributed by atoms with Gasteiger partial charge >= 0.3 is 11.8 Å². The molecule has 1 saturated heterocycles. The number of aromatic nitrogens is 1. The van der Waals surface area contributed by atoms with Gasteiger partial charge in [-0.25, -0.2) is 0 Å². The molecule has 1 atom stereocenters. The molecular formula is C18H28N4O2. The number of hydrogen-bond acceptors (Lipinski definition) is 3. The molecule has 1 fully saturated rings. The average Bonchev–Trinajstić information content (AvgIpc) is 2.84. The van der Waals surface area contributed by atoms with Crippen LogP contribution in [0.4, 0.5) is 0 Å². The highest BCUT2D eigenvalue weighted by Crippen LogP contribution is 2.23. The molecule has 6 nitrogen and oxygen atoms in total. The first-order chi connectivity index (χ1) is 11.6. The Bertz CT molecular complexity index is 559. The van der Waals surface area contributed by atoms with Gasteiger partial charge in [-0.1, -0.05) is 18.9 Å². The summed E-state index contributed by atoms with van der Waals surface area (Å²) < 4.78 is 2.08. The second-order valence-electron chi connectivity index (χ2n) is 6.22. The highest BCUT2D eigenvalue weighted by Gasteiger charge is 2.25. The van der Waals surface area contributed by atoms with E-state index < -0.39 is 11.8 Å². The lowest BCUT2D eigenvalue weighted by atomic mass is 10.1. The molecule has 2 heterocycles. The van der Waals surface area contributed by atoms with Gasteiger partial charge in [-0.3, -0.25) is 14.5 Å². The zero-order valence-corrected chi connectivity index (χ0v) is 14.5. The van der Waals surface area contributed by atoms with Crippen LogP contribution in [0.5, 0.6) is 0 Å². The SMILES string of the molecule is C=CCNC(=O)C(=O)NCC(c1cccn1C)N1CCCCCC1. The molecule has 132 valence electrons. The zero-order valence-electron chi connectivity index (χ0n) is 14.5. The molecule has 1 unspecified atom stereocenters. The smallest absolute Gasteiger partial charge is 0.309 e. The molecule has 1 aromatic heterocycles. The molecule has 0 saturated carbocycles. The second kappa shape index (κ2) is 9.27. The van der Waals surface area contributed by atoms with E-state index in [1.54, 1.807) is 6.08 Å². The van der Waals surface area contributed by atoms with Crippen molar-refractivity contribution < 1.29 is 9.59 Å². The zero-order chi connectivity index (χ0) is 17.4. The van der Waals surface area contributed by atoms with Gasteiger partial charge in [-0.05, 0) is 38.1 Å². The Hall–Kier alpha value is -2.08. The van der Waals surface area contributed by atoms with Crippen LogP contribution in [0.3, 0.4) is 0 Å². The Labute approximate surface area is 143 Å². The monoisotopic (exact) mass is 332 g/mol. The summed E-state index contributed by atoms with van der Waals surface area (Å²) in [7, 11) is 2.01. The van der Waals surface area contributed by atoms with Crippen molar-refractivity contribution in [2.45, 2.75) is 31.7 Å². The molecule has 0 spiro atoms. The first-order valence-corrected chi connectivity index (χ1v) is 8.65. The fourth-order valence-electron chi connectivity index (χ4n) is 3.16. The Morgan fingerprint density at radius 1 is 1.21 bits per heavy atom. The molecule has 1 aromatic rings. The number of aryl methyl sites for hydroxylation is 1. The minimum atomic E-state index is -0.614. The van der Waals surface area contributed by atoms with Gasteiger partial charge in [0.25, 0.3) is 0 Å². The lowest BCUT2D eigenvalue weighted by Crippen LogP contribution is -2.44. The first kappa shape index (κ1) is 18.3. The molecule has 6 heteroatoms. The predicted octanol–water partition coefficient (Wildman–Crippen LogP) is 1.36. The van der Waals surface area contributed by atoms with Crippen molar-refractivity contribution in [1.29, 1.82) is 0 Å². The van der Waals surface area contributed by atoms with E-state index in [9.17, 15) is 9.59 Å². The molecule has 2 rings (SSSR count). The number of nitrogens with zero attached hydrogens (tertiary/aromatic N) is 2. The van der Waals surface area contributed by atoms with Crippen LogP contribution in [0.1, 0.15) is 37.4 Å². The maximum atomic E-state index is 12.0. The fraction of sp³-hybridized carbons (Fsp3) is 0.556. The Morgan fingerprint density at radius 3 is 2.46 bits per heavy atom. The lowest BCUT2D eigenvalue weighted by molar-refractivity contribution is -0.139. The predicted molar refractivity (Wildman–Crippen MR) is 94.4 cm³/mol. The van der Waals surface area contributed by atoms with Crippen LogP contribution in [0.25, 0.3) is 0 Å². The fourth-order valence-corrected chi connectivity index (χ4v) is 3.16. The highest BCUT2D eigenvalue weighted by atomic mass is 16.2. The van der Waals surface area contributed by atoms with Crippen LogP contribution < -0.4 is 10.6 Å². The van der Waals surface area contributed by atoms with Gasteiger partial charge in [0.05, 0.1) is 6.04 Å². The van der Waals surface area contributed by atoms with Crippen molar-refractivity contribution in [2.75, 3.05) is 26.2 Å². The molecular weight excluding hydrogens is 304 g/mol. The van der Waals surface area contributed by atoms with E-state index in [1.165, 1.54) is 25.7 Å². The maximum absolute atomic E-state index is 12.0. The minimum absolute atomic E-state index is 0.0826. The summed E-state index contributed by atoms with van der Waals surface area (Å²) in [5, 5.41) is 5.29. The number of likely N-dealkylation sites (tertiary alicyclic amines) is 1. The number of carbonyl (C=O) groups is 2. The normalized spacial score (nSPS) is 16.9.